The van der Waals surface area contributed by atoms with E-state index < -0.39 is 0 Å². The molecule has 52 valence electrons. The lowest BCUT2D eigenvalue weighted by molar-refractivity contribution is 1.49. The highest BCUT2D eigenvalue weighted by atomic mass is 28.3. The first-order valence-corrected chi connectivity index (χ1v) is 6.07. The highest BCUT2D eigenvalue weighted by Crippen LogP contribution is 1.94. The Hall–Kier alpha value is -0.563. The maximum atomic E-state index is 2.31. The molecule has 0 fully saturated rings. The quantitative estimate of drug-likeness (QED) is 0.535. The van der Waals surface area contributed by atoms with E-state index in [1.165, 1.54) is 10.8 Å². The van der Waals surface area contributed by atoms with E-state index in [1.807, 2.05) is 0 Å². The van der Waals surface area contributed by atoms with Gasteiger partial charge < -0.3 is 0 Å². The predicted octanol–water partition coefficient (Wildman–Crippen LogP) is 1.96. The number of hydrogen-bond acceptors (Lipinski definition) is 0. The normalized spacial score (nSPS) is 9.50. The van der Waals surface area contributed by atoms with Crippen LogP contribution < -0.4 is 5.19 Å². The Bertz CT molecular complexity index is 198. The Kier molecular flexibility index (Phi) is 2.28. The zero-order valence-electron chi connectivity index (χ0n) is 6.81. The summed E-state index contributed by atoms with van der Waals surface area (Å²) in [5.41, 5.74) is 1.35. The molecule has 1 heteroatoms. The fraction of sp³-hybridized carbons (Fsp3) is 0.333. The van der Waals surface area contributed by atoms with E-state index in [2.05, 4.69) is 44.3 Å². The van der Waals surface area contributed by atoms with Crippen LogP contribution in [0.5, 0.6) is 0 Å². The van der Waals surface area contributed by atoms with E-state index in [4.69, 9.17) is 0 Å². The summed E-state index contributed by atoms with van der Waals surface area (Å²) in [7, 11) is -0.229. The summed E-state index contributed by atoms with van der Waals surface area (Å²) in [6.07, 6.45) is 0. The molecular weight excluding hydrogens is 136 g/mol. The number of hydrogen-bond donors (Lipinski definition) is 0. The van der Waals surface area contributed by atoms with Gasteiger partial charge in [0.15, 0.2) is 0 Å². The van der Waals surface area contributed by atoms with E-state index in [0.717, 1.165) is 0 Å². The molecule has 0 N–H and O–H groups in total. The van der Waals surface area contributed by atoms with Crippen LogP contribution in [0.15, 0.2) is 24.3 Å². The minimum absolute atomic E-state index is 0.229. The standard InChI is InChI=1S/C9H13Si/c1-8-4-6-9(7-5-8)10(2)3/h4-7H,1-3H3/q+1. The van der Waals surface area contributed by atoms with Crippen LogP contribution in [0.2, 0.25) is 13.1 Å². The van der Waals surface area contributed by atoms with Gasteiger partial charge >= 0.3 is 8.80 Å². The third-order valence-corrected chi connectivity index (χ3v) is 3.12. The van der Waals surface area contributed by atoms with E-state index in [1.54, 1.807) is 0 Å². The molecule has 0 aliphatic heterocycles. The van der Waals surface area contributed by atoms with E-state index >= 15 is 0 Å². The fourth-order valence-corrected chi connectivity index (χ4v) is 1.72. The monoisotopic (exact) mass is 149 g/mol. The highest BCUT2D eigenvalue weighted by molar-refractivity contribution is 6.70. The van der Waals surface area contributed by atoms with Gasteiger partial charge in [0.25, 0.3) is 0 Å². The topological polar surface area (TPSA) is 0 Å². The lowest BCUT2D eigenvalue weighted by Crippen LogP contribution is -2.21. The van der Waals surface area contributed by atoms with Gasteiger partial charge in [0.05, 0.1) is 18.3 Å². The van der Waals surface area contributed by atoms with Crippen LogP contribution >= 0.6 is 0 Å². The Morgan fingerprint density at radius 2 is 1.50 bits per heavy atom. The van der Waals surface area contributed by atoms with Crippen molar-refractivity contribution in [2.24, 2.45) is 0 Å². The first kappa shape index (κ1) is 7.54. The van der Waals surface area contributed by atoms with Crippen LogP contribution in [-0.2, 0) is 0 Å². The molecule has 0 spiro atoms. The van der Waals surface area contributed by atoms with Crippen LogP contribution in [0.3, 0.4) is 0 Å². The first-order valence-electron chi connectivity index (χ1n) is 3.57. The molecule has 0 aromatic heterocycles. The van der Waals surface area contributed by atoms with Crippen molar-refractivity contribution in [1.82, 2.24) is 0 Å². The maximum Gasteiger partial charge on any atom is 0.345 e. The van der Waals surface area contributed by atoms with E-state index in [0.29, 0.717) is 0 Å². The summed E-state index contributed by atoms with van der Waals surface area (Å²) in [5.74, 6) is 0. The summed E-state index contributed by atoms with van der Waals surface area (Å²) < 4.78 is 0. The minimum atomic E-state index is -0.229. The number of aryl methyl sites for hydroxylation is 1. The Morgan fingerprint density at radius 3 is 1.90 bits per heavy atom. The van der Waals surface area contributed by atoms with Gasteiger partial charge in [-0.2, -0.15) is 0 Å². The largest absolute Gasteiger partial charge is 0.345 e. The lowest BCUT2D eigenvalue weighted by atomic mass is 10.2. The summed E-state index contributed by atoms with van der Waals surface area (Å²) in [6.45, 7) is 6.76. The minimum Gasteiger partial charge on any atom is -0.0564 e. The second kappa shape index (κ2) is 3.02. The molecule has 0 saturated carbocycles. The zero-order valence-corrected chi connectivity index (χ0v) is 7.81. The maximum absolute atomic E-state index is 2.31. The first-order chi connectivity index (χ1) is 4.70. The molecule has 1 aromatic carbocycles. The summed E-state index contributed by atoms with van der Waals surface area (Å²) in [6, 6.07) is 8.85. The molecule has 1 aromatic rings. The van der Waals surface area contributed by atoms with Crippen molar-refractivity contribution in [3.63, 3.8) is 0 Å². The number of benzene rings is 1. The van der Waals surface area contributed by atoms with Gasteiger partial charge in [-0.3, -0.25) is 0 Å². The Labute approximate surface area is 64.5 Å². The lowest BCUT2D eigenvalue weighted by Gasteiger charge is -1.91. The van der Waals surface area contributed by atoms with Crippen LogP contribution in [0.1, 0.15) is 5.56 Å². The molecule has 10 heavy (non-hydrogen) atoms. The van der Waals surface area contributed by atoms with Gasteiger partial charge in [0, 0.05) is 0 Å². The Morgan fingerprint density at radius 1 is 1.00 bits per heavy atom. The van der Waals surface area contributed by atoms with Crippen molar-refractivity contribution < 1.29 is 0 Å². The molecule has 0 unspecified atom stereocenters. The zero-order chi connectivity index (χ0) is 7.56. The van der Waals surface area contributed by atoms with Crippen molar-refractivity contribution >= 4 is 14.0 Å². The molecule has 0 radical (unpaired) electrons. The fourth-order valence-electron chi connectivity index (χ4n) is 0.887. The van der Waals surface area contributed by atoms with Gasteiger partial charge in [-0.15, -0.1) is 0 Å². The third kappa shape index (κ3) is 1.71. The molecule has 0 bridgehead atoms. The van der Waals surface area contributed by atoms with Gasteiger partial charge in [0.1, 0.15) is 0 Å². The van der Waals surface area contributed by atoms with E-state index in [9.17, 15) is 0 Å². The average molecular weight is 149 g/mol. The molecule has 0 saturated heterocycles. The van der Waals surface area contributed by atoms with Gasteiger partial charge in [-0.05, 0) is 19.1 Å². The molecule has 0 atom stereocenters. The molecule has 1 rings (SSSR count). The van der Waals surface area contributed by atoms with Crippen molar-refractivity contribution in [3.8, 4) is 0 Å². The molecule has 0 aliphatic carbocycles. The van der Waals surface area contributed by atoms with E-state index in [-0.39, 0.29) is 8.80 Å². The van der Waals surface area contributed by atoms with Crippen LogP contribution in [0.4, 0.5) is 0 Å². The summed E-state index contributed by atoms with van der Waals surface area (Å²) in [4.78, 5) is 0. The van der Waals surface area contributed by atoms with Crippen molar-refractivity contribution in [3.05, 3.63) is 29.8 Å². The van der Waals surface area contributed by atoms with Gasteiger partial charge in [-0.25, -0.2) is 0 Å². The van der Waals surface area contributed by atoms with Gasteiger partial charge in [0.2, 0.25) is 0 Å². The third-order valence-electron chi connectivity index (χ3n) is 1.63. The smallest absolute Gasteiger partial charge is 0.0564 e. The highest BCUT2D eigenvalue weighted by Gasteiger charge is 2.13. The van der Waals surface area contributed by atoms with Crippen molar-refractivity contribution in [1.29, 1.82) is 0 Å². The van der Waals surface area contributed by atoms with Crippen LogP contribution in [0.25, 0.3) is 0 Å². The van der Waals surface area contributed by atoms with Crippen molar-refractivity contribution in [2.45, 2.75) is 20.0 Å². The second-order valence-electron chi connectivity index (χ2n) is 2.87. The summed E-state index contributed by atoms with van der Waals surface area (Å²) in [5, 5.41) is 1.52. The second-order valence-corrected chi connectivity index (χ2v) is 5.44. The summed E-state index contributed by atoms with van der Waals surface area (Å²) >= 11 is 0. The number of rotatable bonds is 1. The van der Waals surface area contributed by atoms with Crippen molar-refractivity contribution in [2.75, 3.05) is 0 Å². The SMILES string of the molecule is Cc1ccc([Si+](C)C)cc1. The average Bonchev–Trinajstić information content (AvgIpc) is 1.88. The molecule has 0 amide bonds. The molecular formula is C9H13Si+. The van der Waals surface area contributed by atoms with Crippen LogP contribution in [0, 0.1) is 6.92 Å². The predicted molar refractivity (Wildman–Crippen MR) is 48.3 cm³/mol. The van der Waals surface area contributed by atoms with Gasteiger partial charge in [-0.1, -0.05) is 17.7 Å². The molecule has 0 heterocycles. The Balaban J connectivity index is 2.89. The molecule has 0 nitrogen and oxygen atoms in total. The van der Waals surface area contributed by atoms with Crippen LogP contribution in [-0.4, -0.2) is 8.80 Å². The molecule has 0 aliphatic rings.